The van der Waals surface area contributed by atoms with Gasteiger partial charge in [0.1, 0.15) is 11.7 Å². The van der Waals surface area contributed by atoms with E-state index in [1.54, 1.807) is 26.2 Å². The first kappa shape index (κ1) is 25.5. The molecule has 3 aliphatic heterocycles. The Morgan fingerprint density at radius 3 is 2.51 bits per heavy atom. The van der Waals surface area contributed by atoms with E-state index in [0.717, 1.165) is 0 Å². The maximum atomic E-state index is 12.5. The highest BCUT2D eigenvalue weighted by Gasteiger charge is 2.59. The molecule has 2 fully saturated rings. The molecule has 0 unspecified atom stereocenters. The van der Waals surface area contributed by atoms with Gasteiger partial charge in [0.15, 0.2) is 5.13 Å². The summed E-state index contributed by atoms with van der Waals surface area (Å²) >= 11 is 2.72. The zero-order chi connectivity index (χ0) is 25.8. The van der Waals surface area contributed by atoms with Crippen LogP contribution in [0.3, 0.4) is 0 Å². The second-order valence-corrected chi connectivity index (χ2v) is 11.7. The van der Waals surface area contributed by atoms with Crippen molar-refractivity contribution in [3.63, 3.8) is 0 Å². The fourth-order valence-corrected chi connectivity index (χ4v) is 7.15. The monoisotopic (exact) mass is 522 g/mol. The minimum atomic E-state index is -1.39. The molecule has 11 nitrogen and oxygen atoms in total. The maximum absolute atomic E-state index is 12.5. The van der Waals surface area contributed by atoms with Gasteiger partial charge in [-0.3, -0.25) is 14.4 Å². The van der Waals surface area contributed by atoms with Gasteiger partial charge >= 0.3 is 0 Å². The number of nitrogens with two attached hydrogens (primary N) is 1. The first-order valence-corrected chi connectivity index (χ1v) is 13.1. The Morgan fingerprint density at radius 2 is 1.97 bits per heavy atom. The van der Waals surface area contributed by atoms with E-state index in [9.17, 15) is 29.4 Å². The van der Waals surface area contributed by atoms with Gasteiger partial charge in [0.2, 0.25) is 11.8 Å². The van der Waals surface area contributed by atoms with Gasteiger partial charge in [-0.1, -0.05) is 20.8 Å². The summed E-state index contributed by atoms with van der Waals surface area (Å²) in [7, 11) is 0. The van der Waals surface area contributed by atoms with Crippen LogP contribution >= 0.6 is 23.1 Å². The van der Waals surface area contributed by atoms with Crippen molar-refractivity contribution in [3.05, 3.63) is 21.7 Å². The number of fused-ring (bicyclic) bond motifs is 1. The summed E-state index contributed by atoms with van der Waals surface area (Å²) in [6, 6.07) is -1.16. The van der Waals surface area contributed by atoms with Gasteiger partial charge in [0.25, 0.3) is 5.91 Å². The van der Waals surface area contributed by atoms with Gasteiger partial charge in [-0.15, -0.1) is 23.1 Å². The third-order valence-corrected chi connectivity index (χ3v) is 9.05. The van der Waals surface area contributed by atoms with Crippen molar-refractivity contribution in [3.8, 4) is 0 Å². The van der Waals surface area contributed by atoms with E-state index >= 15 is 0 Å². The highest BCUT2D eigenvalue weighted by atomic mass is 32.2. The first-order chi connectivity index (χ1) is 16.4. The van der Waals surface area contributed by atoms with Gasteiger partial charge in [-0.2, -0.15) is 0 Å². The largest absolute Gasteiger partial charge is 0.543 e. The summed E-state index contributed by atoms with van der Waals surface area (Å²) < 4.78 is 0. The maximum Gasteiger partial charge on any atom is 0.271 e. The van der Waals surface area contributed by atoms with Crippen molar-refractivity contribution in [2.45, 2.75) is 51.1 Å². The Morgan fingerprint density at radius 1 is 1.31 bits per heavy atom. The number of primary amides is 1. The summed E-state index contributed by atoms with van der Waals surface area (Å²) in [5.41, 5.74) is 5.47. The second kappa shape index (κ2) is 9.43. The summed E-state index contributed by atoms with van der Waals surface area (Å²) in [4.78, 5) is 56.6. The van der Waals surface area contributed by atoms with Crippen molar-refractivity contribution in [1.82, 2.24) is 15.2 Å². The molecule has 3 amide bonds. The Labute approximate surface area is 210 Å². The van der Waals surface area contributed by atoms with Crippen molar-refractivity contribution in [2.75, 3.05) is 18.0 Å². The van der Waals surface area contributed by atoms with Crippen LogP contribution in [0.5, 0.6) is 0 Å². The molecule has 4 heterocycles. The lowest BCUT2D eigenvalue weighted by Crippen LogP contribution is -2.64. The van der Waals surface area contributed by atoms with E-state index in [1.165, 1.54) is 28.0 Å². The molecule has 2 saturated heterocycles. The van der Waals surface area contributed by atoms with E-state index in [-0.39, 0.29) is 40.4 Å². The number of rotatable bonds is 9. The molecule has 190 valence electrons. The number of carbonyl (C=O) groups excluding carboxylic acids is 4. The number of anilines is 1. The van der Waals surface area contributed by atoms with Crippen molar-refractivity contribution in [2.24, 2.45) is 23.5 Å². The number of carboxylic acid groups (broad SMARTS) is 1. The normalized spacial score (nSPS) is 25.8. The highest BCUT2D eigenvalue weighted by molar-refractivity contribution is 8.03. The molecule has 1 aromatic heterocycles. The smallest absolute Gasteiger partial charge is 0.271 e. The molecule has 0 spiro atoms. The number of aliphatic hydroxyl groups is 1. The molecular weight excluding hydrogens is 494 g/mol. The molecule has 0 radical (unpaired) electrons. The van der Waals surface area contributed by atoms with Crippen molar-refractivity contribution < 1.29 is 29.4 Å². The lowest BCUT2D eigenvalue weighted by Gasteiger charge is -2.47. The van der Waals surface area contributed by atoms with Crippen LogP contribution in [-0.4, -0.2) is 75.2 Å². The summed E-state index contributed by atoms with van der Waals surface area (Å²) in [5.74, 6) is -3.83. The summed E-state index contributed by atoms with van der Waals surface area (Å²) in [6.45, 7) is 8.16. The first-order valence-electron chi connectivity index (χ1n) is 11.4. The Balaban J connectivity index is 1.39. The van der Waals surface area contributed by atoms with Crippen molar-refractivity contribution >= 4 is 51.9 Å². The number of thiazole rings is 1. The molecule has 13 heteroatoms. The van der Waals surface area contributed by atoms with Crippen LogP contribution in [0.4, 0.5) is 5.13 Å². The molecule has 35 heavy (non-hydrogen) atoms. The number of β-lactam (4-membered cyclic amide) rings is 1. The van der Waals surface area contributed by atoms with Crippen molar-refractivity contribution in [1.29, 1.82) is 0 Å². The number of aliphatic hydroxyl groups excluding tert-OH is 1. The molecule has 4 rings (SSSR count). The molecule has 5 atom stereocenters. The molecule has 4 N–H and O–H groups in total. The van der Waals surface area contributed by atoms with E-state index in [1.807, 2.05) is 11.8 Å². The Bertz CT molecular complexity index is 1100. The van der Waals surface area contributed by atoms with Crippen LogP contribution in [0.15, 0.2) is 16.0 Å². The summed E-state index contributed by atoms with van der Waals surface area (Å²) in [5, 5.41) is 26.8. The Hall–Kier alpha value is -2.64. The lowest BCUT2D eigenvalue weighted by atomic mass is 9.79. The van der Waals surface area contributed by atoms with Crippen LogP contribution in [0.25, 0.3) is 0 Å². The topological polar surface area (TPSA) is 169 Å². The third-order valence-electron chi connectivity index (χ3n) is 6.70. The molecule has 3 aliphatic rings. The number of hydrogen-bond acceptors (Lipinski definition) is 10. The molecule has 0 aromatic carbocycles. The Kier molecular flexibility index (Phi) is 6.86. The van der Waals surface area contributed by atoms with Gasteiger partial charge in [-0.25, -0.2) is 4.98 Å². The average Bonchev–Trinajstić information content (AvgIpc) is 3.29. The predicted molar refractivity (Wildman–Crippen MR) is 128 cm³/mol. The molecular formula is C22H28N5O6S2-. The highest BCUT2D eigenvalue weighted by Crippen LogP contribution is 2.52. The zero-order valence-electron chi connectivity index (χ0n) is 19.8. The number of amides is 3. The van der Waals surface area contributed by atoms with E-state index < -0.39 is 35.8 Å². The number of carboxylic acids is 1. The van der Waals surface area contributed by atoms with Gasteiger partial charge < -0.3 is 35.9 Å². The van der Waals surface area contributed by atoms with Crippen LogP contribution in [0.1, 0.15) is 38.2 Å². The molecule has 0 saturated carbocycles. The van der Waals surface area contributed by atoms with Crippen LogP contribution in [0, 0.1) is 17.8 Å². The van der Waals surface area contributed by atoms with Crippen LogP contribution in [0.2, 0.25) is 0 Å². The second-order valence-electron chi connectivity index (χ2n) is 9.51. The molecule has 1 aromatic rings. The van der Waals surface area contributed by atoms with E-state index in [0.29, 0.717) is 23.1 Å². The van der Waals surface area contributed by atoms with Gasteiger partial charge in [0.05, 0.1) is 29.7 Å². The molecule has 0 aliphatic carbocycles. The number of aromatic nitrogens is 1. The van der Waals surface area contributed by atoms with E-state index in [2.05, 4.69) is 10.3 Å². The van der Waals surface area contributed by atoms with Gasteiger partial charge in [0, 0.05) is 34.5 Å². The number of thioether (sulfide) groups is 1. The number of nitrogens with one attached hydrogen (secondary N) is 1. The van der Waals surface area contributed by atoms with Crippen LogP contribution in [-0.2, 0) is 14.4 Å². The minimum Gasteiger partial charge on any atom is -0.543 e. The van der Waals surface area contributed by atoms with Gasteiger partial charge in [-0.05, 0) is 12.8 Å². The molecule has 0 bridgehead atoms. The third kappa shape index (κ3) is 4.40. The quantitative estimate of drug-likeness (QED) is 0.349. The van der Waals surface area contributed by atoms with Crippen LogP contribution < -0.4 is 21.1 Å². The fourth-order valence-electron chi connectivity index (χ4n) is 4.81. The van der Waals surface area contributed by atoms with E-state index in [4.69, 9.17) is 5.73 Å². The fraction of sp³-hybridized carbons (Fsp3) is 0.591. The number of carbonyl (C=O) groups is 4. The number of hydrogen-bond donors (Lipinski definition) is 3. The zero-order valence-corrected chi connectivity index (χ0v) is 21.4. The minimum absolute atomic E-state index is 0.0713. The standard InChI is InChI=1S/C22H29N5O6S2/c1-8(2)14(18(23)29)25-19(30)12-7-34-22(24-12)26-5-11(6-26)35-17-9(3)15-13(10(4)28)20(31)27(15)16(17)21(32)33/h7-11,13-15,28H,5-6H2,1-4H3,(H2,23,29)(H,25,30)(H,32,33)/p-1/t9-,10-,13-,14+,15-/m1/s1. The lowest BCUT2D eigenvalue weighted by molar-refractivity contribution is -0.301. The predicted octanol–water partition coefficient (Wildman–Crippen LogP) is -0.876. The SMILES string of the molecule is CC(C)[C@H](NC(=O)c1csc(N2CC(SC3=C(C(=O)[O-])N4C(=O)[C@H]([C@@H](C)O)[C@H]4[C@H]3C)C2)n1)C(N)=O. The summed E-state index contributed by atoms with van der Waals surface area (Å²) in [6.07, 6.45) is -0.854. The number of aliphatic carboxylic acids is 1. The average molecular weight is 523 g/mol. The number of nitrogens with zero attached hydrogens (tertiary/aromatic N) is 3.